The van der Waals surface area contributed by atoms with E-state index in [4.69, 9.17) is 5.11 Å². The lowest BCUT2D eigenvalue weighted by Gasteiger charge is -2.40. The molecular weight excluding hydrogens is 202 g/mol. The summed E-state index contributed by atoms with van der Waals surface area (Å²) in [7, 11) is 0. The highest BCUT2D eigenvalue weighted by Crippen LogP contribution is 2.41. The molecule has 0 spiro atoms. The van der Waals surface area contributed by atoms with E-state index in [2.05, 4.69) is 32.6 Å². The largest absolute Gasteiger partial charge is 0.481 e. The molecule has 1 aliphatic carbocycles. The molecule has 0 radical (unpaired) electrons. The number of carbonyl (C=O) groups is 1. The molecule has 0 aromatic heterocycles. The van der Waals surface area contributed by atoms with Crippen LogP contribution in [0.1, 0.15) is 53.4 Å². The van der Waals surface area contributed by atoms with Crippen LogP contribution in [-0.2, 0) is 4.79 Å². The maximum absolute atomic E-state index is 10.7. The van der Waals surface area contributed by atoms with Crippen LogP contribution in [0.15, 0.2) is 0 Å². The lowest BCUT2D eigenvalue weighted by atomic mass is 9.85. The molecule has 1 atom stereocenters. The molecule has 1 saturated carbocycles. The maximum Gasteiger partial charge on any atom is 0.304 e. The number of hydrogen-bond acceptors (Lipinski definition) is 2. The average Bonchev–Trinajstić information content (AvgIpc) is 2.45. The van der Waals surface area contributed by atoms with Crippen LogP contribution >= 0.6 is 0 Å². The predicted octanol–water partition coefficient (Wildman–Crippen LogP) is 2.75. The van der Waals surface area contributed by atoms with Gasteiger partial charge in [0.05, 0.1) is 6.42 Å². The summed E-state index contributed by atoms with van der Waals surface area (Å²) in [6, 6.07) is 0.980. The quantitative estimate of drug-likeness (QED) is 0.785. The van der Waals surface area contributed by atoms with Gasteiger partial charge in [-0.15, -0.1) is 0 Å². The number of rotatable bonds is 5. The molecule has 1 unspecified atom stereocenters. The number of aliphatic carboxylic acids is 1. The van der Waals surface area contributed by atoms with Crippen LogP contribution in [-0.4, -0.2) is 34.6 Å². The summed E-state index contributed by atoms with van der Waals surface area (Å²) in [5, 5.41) is 8.79. The Kier molecular flexibility index (Phi) is 4.36. The van der Waals surface area contributed by atoms with Crippen molar-refractivity contribution < 1.29 is 9.90 Å². The molecule has 3 nitrogen and oxygen atoms in total. The lowest BCUT2D eigenvalue weighted by molar-refractivity contribution is -0.137. The Balaban J connectivity index is 2.66. The van der Waals surface area contributed by atoms with Crippen molar-refractivity contribution in [2.24, 2.45) is 5.41 Å². The zero-order chi connectivity index (χ0) is 12.3. The van der Waals surface area contributed by atoms with Gasteiger partial charge in [0.25, 0.3) is 0 Å². The van der Waals surface area contributed by atoms with Gasteiger partial charge in [-0.2, -0.15) is 0 Å². The first-order valence-electron chi connectivity index (χ1n) is 6.32. The second-order valence-corrected chi connectivity index (χ2v) is 5.87. The van der Waals surface area contributed by atoms with E-state index in [-0.39, 0.29) is 6.42 Å². The average molecular weight is 227 g/mol. The first-order chi connectivity index (χ1) is 7.34. The van der Waals surface area contributed by atoms with Crippen LogP contribution in [0, 0.1) is 5.41 Å². The second kappa shape index (κ2) is 5.17. The molecule has 0 aliphatic heterocycles. The number of hydrogen-bond donors (Lipinski definition) is 1. The third-order valence-electron chi connectivity index (χ3n) is 3.85. The minimum atomic E-state index is -0.693. The summed E-state index contributed by atoms with van der Waals surface area (Å²) in [5.41, 5.74) is 0.336. The van der Waals surface area contributed by atoms with Crippen LogP contribution in [0.4, 0.5) is 0 Å². The minimum absolute atomic E-state index is 0.255. The van der Waals surface area contributed by atoms with Gasteiger partial charge in [0.2, 0.25) is 0 Å². The molecule has 0 heterocycles. The van der Waals surface area contributed by atoms with Gasteiger partial charge >= 0.3 is 5.97 Å². The van der Waals surface area contributed by atoms with Crippen molar-refractivity contribution in [2.45, 2.75) is 65.5 Å². The molecule has 0 aromatic carbocycles. The Morgan fingerprint density at radius 3 is 2.50 bits per heavy atom. The van der Waals surface area contributed by atoms with E-state index in [1.165, 1.54) is 19.3 Å². The normalized spacial score (nSPS) is 24.2. The van der Waals surface area contributed by atoms with Crippen LogP contribution in [0.5, 0.6) is 0 Å². The second-order valence-electron chi connectivity index (χ2n) is 5.87. The minimum Gasteiger partial charge on any atom is -0.481 e. The van der Waals surface area contributed by atoms with Crippen LogP contribution in [0.3, 0.4) is 0 Å². The third-order valence-corrected chi connectivity index (χ3v) is 3.85. The smallest absolute Gasteiger partial charge is 0.304 e. The van der Waals surface area contributed by atoms with E-state index in [9.17, 15) is 4.79 Å². The zero-order valence-electron chi connectivity index (χ0n) is 11.0. The van der Waals surface area contributed by atoms with Crippen molar-refractivity contribution in [1.29, 1.82) is 0 Å². The number of carboxylic acids is 1. The number of nitrogens with zero attached hydrogens (tertiary/aromatic N) is 1. The summed E-state index contributed by atoms with van der Waals surface area (Å²) in [6.07, 6.45) is 4.00. The molecular formula is C13H25NO2. The monoisotopic (exact) mass is 227 g/mol. The Labute approximate surface area is 98.8 Å². The first kappa shape index (κ1) is 13.5. The van der Waals surface area contributed by atoms with Gasteiger partial charge in [-0.3, -0.25) is 9.69 Å². The van der Waals surface area contributed by atoms with Crippen molar-refractivity contribution in [2.75, 3.05) is 6.54 Å². The van der Waals surface area contributed by atoms with Gasteiger partial charge in [-0.1, -0.05) is 20.3 Å². The molecule has 1 rings (SSSR count). The van der Waals surface area contributed by atoms with Crippen molar-refractivity contribution in [3.63, 3.8) is 0 Å². The first-order valence-corrected chi connectivity index (χ1v) is 6.32. The van der Waals surface area contributed by atoms with Crippen LogP contribution < -0.4 is 0 Å². The van der Waals surface area contributed by atoms with Gasteiger partial charge in [-0.05, 0) is 32.1 Å². The molecule has 3 heteroatoms. The Morgan fingerprint density at radius 1 is 1.50 bits per heavy atom. The van der Waals surface area contributed by atoms with Crippen molar-refractivity contribution in [1.82, 2.24) is 4.90 Å². The van der Waals surface area contributed by atoms with E-state index in [1.54, 1.807) is 0 Å². The van der Waals surface area contributed by atoms with Gasteiger partial charge in [0.1, 0.15) is 0 Å². The van der Waals surface area contributed by atoms with Crippen LogP contribution in [0.2, 0.25) is 0 Å². The maximum atomic E-state index is 10.7. The fourth-order valence-corrected chi connectivity index (χ4v) is 2.92. The summed E-state index contributed by atoms with van der Waals surface area (Å²) < 4.78 is 0. The summed E-state index contributed by atoms with van der Waals surface area (Å²) in [4.78, 5) is 13.1. The molecule has 94 valence electrons. The molecule has 16 heavy (non-hydrogen) atoms. The molecule has 0 saturated heterocycles. The SMILES string of the molecule is CC(C)N(CCC(=O)O)C1CCCC1(C)C. The van der Waals surface area contributed by atoms with Crippen molar-refractivity contribution in [3.05, 3.63) is 0 Å². The highest BCUT2D eigenvalue weighted by atomic mass is 16.4. The van der Waals surface area contributed by atoms with E-state index < -0.39 is 5.97 Å². The van der Waals surface area contributed by atoms with Gasteiger partial charge < -0.3 is 5.11 Å². The topological polar surface area (TPSA) is 40.5 Å². The zero-order valence-corrected chi connectivity index (χ0v) is 11.0. The molecule has 1 N–H and O–H groups in total. The summed E-state index contributed by atoms with van der Waals surface area (Å²) in [5.74, 6) is -0.693. The van der Waals surface area contributed by atoms with Crippen LogP contribution in [0.25, 0.3) is 0 Å². The molecule has 0 aromatic rings. The van der Waals surface area contributed by atoms with Crippen molar-refractivity contribution >= 4 is 5.97 Å². The third kappa shape index (κ3) is 3.21. The highest BCUT2D eigenvalue weighted by Gasteiger charge is 2.39. The molecule has 0 bridgehead atoms. The van der Waals surface area contributed by atoms with E-state index in [0.717, 1.165) is 0 Å². The predicted molar refractivity (Wildman–Crippen MR) is 65.5 cm³/mol. The fraction of sp³-hybridized carbons (Fsp3) is 0.923. The van der Waals surface area contributed by atoms with Gasteiger partial charge in [0, 0.05) is 18.6 Å². The highest BCUT2D eigenvalue weighted by molar-refractivity contribution is 5.66. The number of carboxylic acid groups (broad SMARTS) is 1. The fourth-order valence-electron chi connectivity index (χ4n) is 2.92. The molecule has 1 aliphatic rings. The Morgan fingerprint density at radius 2 is 2.12 bits per heavy atom. The van der Waals surface area contributed by atoms with Crippen molar-refractivity contribution in [3.8, 4) is 0 Å². The Bertz CT molecular complexity index is 248. The van der Waals surface area contributed by atoms with Gasteiger partial charge in [0.15, 0.2) is 0 Å². The standard InChI is InChI=1S/C13H25NO2/c1-10(2)14(9-7-12(15)16)11-6-5-8-13(11,3)4/h10-11H,5-9H2,1-4H3,(H,15,16). The lowest BCUT2D eigenvalue weighted by Crippen LogP contribution is -2.46. The van der Waals surface area contributed by atoms with E-state index >= 15 is 0 Å². The Hall–Kier alpha value is -0.570. The van der Waals surface area contributed by atoms with E-state index in [1.807, 2.05) is 0 Å². The summed E-state index contributed by atoms with van der Waals surface area (Å²) in [6.45, 7) is 9.62. The van der Waals surface area contributed by atoms with E-state index in [0.29, 0.717) is 24.0 Å². The molecule has 1 fully saturated rings. The van der Waals surface area contributed by atoms with Gasteiger partial charge in [-0.25, -0.2) is 0 Å². The molecule has 0 amide bonds. The summed E-state index contributed by atoms with van der Waals surface area (Å²) >= 11 is 0.